The molecule has 0 spiro atoms. The third-order valence-corrected chi connectivity index (χ3v) is 4.64. The summed E-state index contributed by atoms with van der Waals surface area (Å²) in [7, 11) is -2.52. The lowest BCUT2D eigenvalue weighted by Crippen LogP contribution is -2.24. The number of benzene rings is 2. The molecular formula is C17H16N2O6S. The number of hydrogen-bond acceptors (Lipinski definition) is 6. The molecular weight excluding hydrogens is 360 g/mol. The third-order valence-electron chi connectivity index (χ3n) is 3.20. The van der Waals surface area contributed by atoms with Gasteiger partial charge in [0.15, 0.2) is 16.4 Å². The molecule has 0 saturated heterocycles. The van der Waals surface area contributed by atoms with Gasteiger partial charge in [0.1, 0.15) is 6.61 Å². The standard InChI is InChI=1S/C17H16N2O6S/c1-24-15-9-3-4-10-16(15)25-13-7-6-12-18-26(22,23)17-11-5-2-8-14(17)19(20)21/h2-5,8-11,18H,12-13H2,1H3. The summed E-state index contributed by atoms with van der Waals surface area (Å²) in [5, 5.41) is 10.9. The van der Waals surface area contributed by atoms with E-state index in [0.29, 0.717) is 11.5 Å². The molecule has 2 aromatic carbocycles. The maximum Gasteiger partial charge on any atom is 0.289 e. The molecule has 136 valence electrons. The minimum atomic E-state index is -4.04. The van der Waals surface area contributed by atoms with E-state index >= 15 is 0 Å². The molecule has 0 amide bonds. The van der Waals surface area contributed by atoms with Gasteiger partial charge < -0.3 is 9.47 Å². The predicted octanol–water partition coefficient (Wildman–Crippen LogP) is 1.96. The fraction of sp³-hybridized carbons (Fsp3) is 0.176. The number of hydrogen-bond donors (Lipinski definition) is 1. The number of methoxy groups -OCH3 is 1. The summed E-state index contributed by atoms with van der Waals surface area (Å²) in [6.45, 7) is -0.169. The summed E-state index contributed by atoms with van der Waals surface area (Å²) in [6.07, 6.45) is 0. The largest absolute Gasteiger partial charge is 0.493 e. The molecule has 9 heteroatoms. The minimum absolute atomic E-state index is 0.0353. The number of nitro groups is 1. The van der Waals surface area contributed by atoms with Gasteiger partial charge >= 0.3 is 0 Å². The molecule has 2 rings (SSSR count). The quantitative estimate of drug-likeness (QED) is 0.450. The summed E-state index contributed by atoms with van der Waals surface area (Å²) in [6, 6.07) is 12.1. The van der Waals surface area contributed by atoms with Crippen molar-refractivity contribution in [2.45, 2.75) is 4.90 Å². The average molecular weight is 376 g/mol. The van der Waals surface area contributed by atoms with E-state index in [1.807, 2.05) is 0 Å². The summed E-state index contributed by atoms with van der Waals surface area (Å²) in [4.78, 5) is 9.78. The first-order chi connectivity index (χ1) is 12.5. The summed E-state index contributed by atoms with van der Waals surface area (Å²) in [5.74, 6) is 6.33. The monoisotopic (exact) mass is 376 g/mol. The SMILES string of the molecule is COc1ccccc1OCC#CCNS(=O)(=O)c1ccccc1[N+](=O)[O-]. The molecule has 0 aliphatic carbocycles. The lowest BCUT2D eigenvalue weighted by molar-refractivity contribution is -0.387. The zero-order valence-corrected chi connectivity index (χ0v) is 14.7. The minimum Gasteiger partial charge on any atom is -0.493 e. The van der Waals surface area contributed by atoms with Gasteiger partial charge in [-0.3, -0.25) is 10.1 Å². The highest BCUT2D eigenvalue weighted by Crippen LogP contribution is 2.25. The average Bonchev–Trinajstić information content (AvgIpc) is 2.64. The second kappa shape index (κ2) is 8.84. The van der Waals surface area contributed by atoms with Crippen LogP contribution in [0.5, 0.6) is 11.5 Å². The second-order valence-corrected chi connectivity index (χ2v) is 6.58. The molecule has 1 N–H and O–H groups in total. The molecule has 0 radical (unpaired) electrons. The van der Waals surface area contributed by atoms with Gasteiger partial charge in [0, 0.05) is 6.07 Å². The topological polar surface area (TPSA) is 108 Å². The Hall–Kier alpha value is -3.09. The maximum absolute atomic E-state index is 12.2. The van der Waals surface area contributed by atoms with Crippen molar-refractivity contribution in [2.75, 3.05) is 20.3 Å². The normalized spacial score (nSPS) is 10.5. The maximum atomic E-state index is 12.2. The van der Waals surface area contributed by atoms with Crippen LogP contribution in [-0.2, 0) is 10.0 Å². The van der Waals surface area contributed by atoms with Gasteiger partial charge in [-0.1, -0.05) is 36.1 Å². The smallest absolute Gasteiger partial charge is 0.289 e. The van der Waals surface area contributed by atoms with Gasteiger partial charge in [0.05, 0.1) is 18.6 Å². The van der Waals surface area contributed by atoms with E-state index in [4.69, 9.17) is 9.47 Å². The van der Waals surface area contributed by atoms with Gasteiger partial charge in [-0.05, 0) is 18.2 Å². The molecule has 0 aliphatic heterocycles. The number of nitrogens with one attached hydrogen (secondary N) is 1. The van der Waals surface area contributed by atoms with Crippen molar-refractivity contribution in [1.29, 1.82) is 0 Å². The molecule has 0 heterocycles. The number of nitrogens with zero attached hydrogens (tertiary/aromatic N) is 1. The van der Waals surface area contributed by atoms with Gasteiger partial charge in [0.2, 0.25) is 10.0 Å². The van der Waals surface area contributed by atoms with Gasteiger partial charge in [-0.2, -0.15) is 4.72 Å². The van der Waals surface area contributed by atoms with E-state index in [0.717, 1.165) is 6.07 Å². The molecule has 0 fully saturated rings. The Morgan fingerprint density at radius 3 is 2.42 bits per heavy atom. The lowest BCUT2D eigenvalue weighted by Gasteiger charge is -2.07. The number of nitro benzene ring substituents is 1. The Kier molecular flexibility index (Phi) is 6.54. The van der Waals surface area contributed by atoms with E-state index in [1.54, 1.807) is 24.3 Å². The number of para-hydroxylation sites is 3. The molecule has 2 aromatic rings. The fourth-order valence-corrected chi connectivity index (χ4v) is 3.10. The number of ether oxygens (including phenoxy) is 2. The van der Waals surface area contributed by atoms with E-state index in [9.17, 15) is 18.5 Å². The molecule has 0 unspecified atom stereocenters. The van der Waals surface area contributed by atoms with E-state index in [-0.39, 0.29) is 13.2 Å². The van der Waals surface area contributed by atoms with Crippen LogP contribution in [0.3, 0.4) is 0 Å². The van der Waals surface area contributed by atoms with Gasteiger partial charge in [-0.25, -0.2) is 8.42 Å². The van der Waals surface area contributed by atoms with E-state index in [1.165, 1.54) is 25.3 Å². The van der Waals surface area contributed by atoms with Crippen molar-refractivity contribution in [1.82, 2.24) is 4.72 Å². The van der Waals surface area contributed by atoms with Gasteiger partial charge in [-0.15, -0.1) is 0 Å². The summed E-state index contributed by atoms with van der Waals surface area (Å²) >= 11 is 0. The van der Waals surface area contributed by atoms with Crippen LogP contribution < -0.4 is 14.2 Å². The number of rotatable bonds is 7. The first kappa shape index (κ1) is 19.2. The summed E-state index contributed by atoms with van der Waals surface area (Å²) < 4.78 is 37.1. The van der Waals surface area contributed by atoms with Crippen molar-refractivity contribution in [3.63, 3.8) is 0 Å². The lowest BCUT2D eigenvalue weighted by atomic mass is 10.3. The van der Waals surface area contributed by atoms with Gasteiger partial charge in [0.25, 0.3) is 5.69 Å². The van der Waals surface area contributed by atoms with Crippen LogP contribution in [0.15, 0.2) is 53.4 Å². The van der Waals surface area contributed by atoms with Crippen LogP contribution in [-0.4, -0.2) is 33.6 Å². The van der Waals surface area contributed by atoms with Crippen LogP contribution in [0.1, 0.15) is 0 Å². The second-order valence-electron chi connectivity index (χ2n) is 4.84. The molecule has 0 atom stereocenters. The Bertz CT molecular complexity index is 947. The number of sulfonamides is 1. The molecule has 26 heavy (non-hydrogen) atoms. The van der Waals surface area contributed by atoms with Crippen LogP contribution in [0.2, 0.25) is 0 Å². The zero-order valence-electron chi connectivity index (χ0n) is 13.8. The first-order valence-corrected chi connectivity index (χ1v) is 8.88. The molecule has 0 saturated carbocycles. The van der Waals surface area contributed by atoms with Crippen molar-refractivity contribution in [3.05, 3.63) is 58.6 Å². The highest BCUT2D eigenvalue weighted by atomic mass is 32.2. The molecule has 8 nitrogen and oxygen atoms in total. The Morgan fingerprint density at radius 2 is 1.73 bits per heavy atom. The molecule has 0 aliphatic rings. The van der Waals surface area contributed by atoms with Crippen molar-refractivity contribution in [3.8, 4) is 23.3 Å². The fourth-order valence-electron chi connectivity index (χ4n) is 2.01. The van der Waals surface area contributed by atoms with Crippen LogP contribution >= 0.6 is 0 Å². The Labute approximate surface area is 151 Å². The van der Waals surface area contributed by atoms with Crippen molar-refractivity contribution in [2.24, 2.45) is 0 Å². The van der Waals surface area contributed by atoms with Crippen molar-refractivity contribution < 1.29 is 22.8 Å². The first-order valence-electron chi connectivity index (χ1n) is 7.40. The highest BCUT2D eigenvalue weighted by molar-refractivity contribution is 7.89. The Balaban J connectivity index is 1.94. The van der Waals surface area contributed by atoms with Crippen LogP contribution in [0.25, 0.3) is 0 Å². The van der Waals surface area contributed by atoms with Crippen molar-refractivity contribution >= 4 is 15.7 Å². The zero-order chi connectivity index (χ0) is 19.0. The molecule has 0 aromatic heterocycles. The van der Waals surface area contributed by atoms with Crippen LogP contribution in [0.4, 0.5) is 5.69 Å². The summed E-state index contributed by atoms with van der Waals surface area (Å²) in [5.41, 5.74) is -0.493. The predicted molar refractivity (Wildman–Crippen MR) is 94.5 cm³/mol. The van der Waals surface area contributed by atoms with E-state index < -0.39 is 25.5 Å². The third kappa shape index (κ3) is 4.95. The Morgan fingerprint density at radius 1 is 1.08 bits per heavy atom. The highest BCUT2D eigenvalue weighted by Gasteiger charge is 2.24. The molecule has 0 bridgehead atoms. The van der Waals surface area contributed by atoms with E-state index in [2.05, 4.69) is 16.6 Å². The van der Waals surface area contributed by atoms with Crippen LogP contribution in [0, 0.1) is 22.0 Å².